The molecule has 0 atom stereocenters. The molecule has 2 aromatic carbocycles. The molecule has 41 heavy (non-hydrogen) atoms. The third-order valence-corrected chi connectivity index (χ3v) is 7.65. The van der Waals surface area contributed by atoms with E-state index in [4.69, 9.17) is 0 Å². The molecule has 2 amide bonds. The van der Waals surface area contributed by atoms with Crippen LogP contribution in [0.25, 0.3) is 22.1 Å². The fourth-order valence-electron chi connectivity index (χ4n) is 6.41. The number of nitro groups is 2. The monoisotopic (exact) mass is 556 g/mol. The Kier molecular flexibility index (Phi) is 5.87. The molecule has 2 aliphatic rings. The highest BCUT2D eigenvalue weighted by molar-refractivity contribution is 5.98. The molecular weight excluding hydrogens is 532 g/mol. The molecule has 14 nitrogen and oxygen atoms in total. The minimum atomic E-state index is -0.616. The van der Waals surface area contributed by atoms with E-state index in [2.05, 4.69) is 33.8 Å². The zero-order valence-corrected chi connectivity index (χ0v) is 22.2. The molecular formula is C27H24N8O6. The number of nitrogens with zero attached hydrogens (tertiary/aromatic N) is 8. The second kappa shape index (κ2) is 9.21. The van der Waals surface area contributed by atoms with E-state index in [0.29, 0.717) is 59.4 Å². The molecule has 4 aromatic rings. The van der Waals surface area contributed by atoms with Gasteiger partial charge in [0.05, 0.1) is 0 Å². The number of rotatable bonds is 4. The van der Waals surface area contributed by atoms with Gasteiger partial charge in [-0.3, -0.25) is 9.59 Å². The van der Waals surface area contributed by atoms with Gasteiger partial charge in [-0.25, -0.2) is 9.97 Å². The highest BCUT2D eigenvalue weighted by Crippen LogP contribution is 2.46. The van der Waals surface area contributed by atoms with Gasteiger partial charge in [0, 0.05) is 48.1 Å². The third kappa shape index (κ3) is 4.77. The molecule has 4 heterocycles. The summed E-state index contributed by atoms with van der Waals surface area (Å²) in [4.78, 5) is 67.8. The highest BCUT2D eigenvalue weighted by Gasteiger charge is 2.50. The Balaban J connectivity index is 1.21. The second-order valence-corrected chi connectivity index (χ2v) is 11.5. The van der Waals surface area contributed by atoms with E-state index in [0.717, 1.165) is 18.8 Å². The number of carbonyl (C=O) groups is 2. The van der Waals surface area contributed by atoms with Crippen LogP contribution in [0.2, 0.25) is 0 Å². The SMILES string of the molecule is CC12CN(C(=O)c3ccc4nc([N+](=O)[O-])cnc4c3)CC(C)(CN(C(=O)c3ccc4nc([N+](=O)[O-])cnc4c3)C1)C2. The van der Waals surface area contributed by atoms with Gasteiger partial charge in [0.2, 0.25) is 11.0 Å². The van der Waals surface area contributed by atoms with Gasteiger partial charge < -0.3 is 30.0 Å². The standard InChI is InChI=1S/C27H24N8O6/c1-26-11-27(2,14-32(12-26)24(36)16-3-5-18-20(7-16)28-9-22(30-18)34(38)39)15-33(13-26)25(37)17-4-6-19-21(8-17)29-10-23(31-19)35(40)41/h3-10H,11-15H2,1-2H3. The summed E-state index contributed by atoms with van der Waals surface area (Å²) in [6.07, 6.45) is 2.98. The maximum absolute atomic E-state index is 13.6. The van der Waals surface area contributed by atoms with Crippen molar-refractivity contribution in [3.8, 4) is 0 Å². The van der Waals surface area contributed by atoms with E-state index >= 15 is 0 Å². The first-order valence-corrected chi connectivity index (χ1v) is 12.8. The van der Waals surface area contributed by atoms with Gasteiger partial charge in [-0.1, -0.05) is 13.8 Å². The average Bonchev–Trinajstić information content (AvgIpc) is 2.93. The quantitative estimate of drug-likeness (QED) is 0.267. The van der Waals surface area contributed by atoms with Crippen molar-refractivity contribution in [3.63, 3.8) is 0 Å². The molecule has 2 bridgehead atoms. The van der Waals surface area contributed by atoms with Crippen molar-refractivity contribution < 1.29 is 19.4 Å². The number of piperidine rings is 2. The van der Waals surface area contributed by atoms with Gasteiger partial charge in [-0.2, -0.15) is 0 Å². The molecule has 2 fully saturated rings. The lowest BCUT2D eigenvalue weighted by Gasteiger charge is -2.56. The van der Waals surface area contributed by atoms with Crippen molar-refractivity contribution in [2.45, 2.75) is 20.3 Å². The van der Waals surface area contributed by atoms with Crippen molar-refractivity contribution in [2.75, 3.05) is 26.2 Å². The normalized spacial score (nSPS) is 22.1. The number of fused-ring (bicyclic) bond motifs is 4. The largest absolute Gasteiger partial charge is 0.382 e. The van der Waals surface area contributed by atoms with Crippen LogP contribution in [0.1, 0.15) is 41.0 Å². The van der Waals surface area contributed by atoms with Crippen molar-refractivity contribution >= 4 is 45.5 Å². The molecule has 2 aromatic heterocycles. The Labute approximate surface area is 232 Å². The third-order valence-electron chi connectivity index (χ3n) is 7.65. The smallest absolute Gasteiger partial charge is 0.358 e. The number of carbonyl (C=O) groups excluding carboxylic acids is 2. The molecule has 2 aliphatic heterocycles. The minimum Gasteiger partial charge on any atom is -0.358 e. The van der Waals surface area contributed by atoms with Crippen molar-refractivity contribution in [3.05, 3.63) is 80.1 Å². The Bertz CT molecular complexity index is 1650. The molecule has 208 valence electrons. The number of likely N-dealkylation sites (tertiary alicyclic amines) is 2. The van der Waals surface area contributed by atoms with Gasteiger partial charge in [-0.15, -0.1) is 0 Å². The first kappa shape index (κ1) is 26.1. The summed E-state index contributed by atoms with van der Waals surface area (Å²) in [7, 11) is 0. The van der Waals surface area contributed by atoms with Crippen LogP contribution in [-0.4, -0.2) is 77.6 Å². The predicted molar refractivity (Wildman–Crippen MR) is 145 cm³/mol. The summed E-state index contributed by atoms with van der Waals surface area (Å²) >= 11 is 0. The average molecular weight is 557 g/mol. The lowest BCUT2D eigenvalue weighted by atomic mass is 9.65. The maximum Gasteiger partial charge on any atom is 0.382 e. The summed E-state index contributed by atoms with van der Waals surface area (Å²) in [6, 6.07) is 9.51. The van der Waals surface area contributed by atoms with E-state index in [1.807, 2.05) is 9.80 Å². The molecule has 0 saturated carbocycles. The highest BCUT2D eigenvalue weighted by atomic mass is 16.6. The van der Waals surface area contributed by atoms with Gasteiger partial charge >= 0.3 is 11.6 Å². The minimum absolute atomic E-state index is 0.175. The molecule has 0 spiro atoms. The summed E-state index contributed by atoms with van der Waals surface area (Å²) in [5, 5.41) is 22.0. The van der Waals surface area contributed by atoms with Gasteiger partial charge in [0.25, 0.3) is 11.8 Å². The van der Waals surface area contributed by atoms with Gasteiger partial charge in [0.1, 0.15) is 23.4 Å². The zero-order valence-electron chi connectivity index (χ0n) is 22.2. The number of hydrogen-bond acceptors (Lipinski definition) is 10. The molecule has 14 heteroatoms. The first-order valence-electron chi connectivity index (χ1n) is 12.8. The van der Waals surface area contributed by atoms with Crippen molar-refractivity contribution in [2.24, 2.45) is 10.8 Å². The van der Waals surface area contributed by atoms with E-state index in [1.54, 1.807) is 36.4 Å². The van der Waals surface area contributed by atoms with Crippen LogP contribution in [0.5, 0.6) is 0 Å². The van der Waals surface area contributed by atoms with Crippen LogP contribution in [-0.2, 0) is 0 Å². The van der Waals surface area contributed by atoms with E-state index < -0.39 is 9.85 Å². The molecule has 0 N–H and O–H groups in total. The van der Waals surface area contributed by atoms with Crippen LogP contribution >= 0.6 is 0 Å². The molecule has 0 unspecified atom stereocenters. The molecule has 2 saturated heterocycles. The second-order valence-electron chi connectivity index (χ2n) is 11.5. The number of benzene rings is 2. The van der Waals surface area contributed by atoms with Crippen LogP contribution in [0.15, 0.2) is 48.8 Å². The summed E-state index contributed by atoms with van der Waals surface area (Å²) in [5.74, 6) is -1.07. The maximum atomic E-state index is 13.6. The summed E-state index contributed by atoms with van der Waals surface area (Å²) in [5.41, 5.74) is 1.56. The number of amides is 2. The molecule has 0 aliphatic carbocycles. The van der Waals surface area contributed by atoms with E-state index in [9.17, 15) is 29.8 Å². The Morgan fingerprint density at radius 2 is 1.10 bits per heavy atom. The van der Waals surface area contributed by atoms with E-state index in [1.165, 1.54) is 0 Å². The summed E-state index contributed by atoms with van der Waals surface area (Å²) < 4.78 is 0. The van der Waals surface area contributed by atoms with Crippen molar-refractivity contribution in [1.82, 2.24) is 29.7 Å². The molecule has 6 rings (SSSR count). The van der Waals surface area contributed by atoms with Crippen LogP contribution < -0.4 is 0 Å². The Morgan fingerprint density at radius 3 is 1.46 bits per heavy atom. The topological polar surface area (TPSA) is 178 Å². The lowest BCUT2D eigenvalue weighted by Crippen LogP contribution is -2.64. The predicted octanol–water partition coefficient (Wildman–Crippen LogP) is 3.40. The van der Waals surface area contributed by atoms with Crippen LogP contribution in [0.3, 0.4) is 0 Å². The van der Waals surface area contributed by atoms with Crippen LogP contribution in [0.4, 0.5) is 11.6 Å². The van der Waals surface area contributed by atoms with E-state index in [-0.39, 0.29) is 34.3 Å². The molecule has 0 radical (unpaired) electrons. The first-order chi connectivity index (χ1) is 19.4. The fraction of sp³-hybridized carbons (Fsp3) is 0.333. The van der Waals surface area contributed by atoms with Crippen molar-refractivity contribution in [1.29, 1.82) is 0 Å². The number of aromatic nitrogens is 4. The Morgan fingerprint density at radius 1 is 0.707 bits per heavy atom. The van der Waals surface area contributed by atoms with Crippen LogP contribution in [0, 0.1) is 31.1 Å². The zero-order chi connectivity index (χ0) is 29.1. The fourth-order valence-corrected chi connectivity index (χ4v) is 6.41. The number of hydrogen-bond donors (Lipinski definition) is 0. The van der Waals surface area contributed by atoms with Gasteiger partial charge in [-0.05, 0) is 62.6 Å². The summed E-state index contributed by atoms with van der Waals surface area (Å²) in [6.45, 7) is 5.93. The lowest BCUT2D eigenvalue weighted by molar-refractivity contribution is -0.389. The van der Waals surface area contributed by atoms with Gasteiger partial charge in [0.15, 0.2) is 0 Å². The Hall–Kier alpha value is -5.14.